The predicted octanol–water partition coefficient (Wildman–Crippen LogP) is 4.36. The summed E-state index contributed by atoms with van der Waals surface area (Å²) in [5, 5.41) is 0. The van der Waals surface area contributed by atoms with Gasteiger partial charge in [0.25, 0.3) is 0 Å². The molecule has 24 heavy (non-hydrogen) atoms. The summed E-state index contributed by atoms with van der Waals surface area (Å²) in [5.74, 6) is -1.28. The normalized spacial score (nSPS) is 20.4. The Labute approximate surface area is 142 Å². The van der Waals surface area contributed by atoms with E-state index in [0.29, 0.717) is 12.0 Å². The predicted molar refractivity (Wildman–Crippen MR) is 93.0 cm³/mol. The molecule has 0 aromatic heterocycles. The van der Waals surface area contributed by atoms with Crippen molar-refractivity contribution in [1.82, 2.24) is 0 Å². The first-order valence-corrected chi connectivity index (χ1v) is 8.28. The molecule has 1 aliphatic rings. The zero-order chi connectivity index (χ0) is 17.3. The van der Waals surface area contributed by atoms with Gasteiger partial charge in [0.2, 0.25) is 0 Å². The topological polar surface area (TPSA) is 43.4 Å². The van der Waals surface area contributed by atoms with Crippen LogP contribution in [-0.2, 0) is 9.53 Å². The highest BCUT2D eigenvalue weighted by atomic mass is 16.6. The second-order valence-electron chi connectivity index (χ2n) is 7.24. The Kier molecular flexibility index (Phi) is 4.27. The molecule has 0 N–H and O–H groups in total. The van der Waals surface area contributed by atoms with Crippen molar-refractivity contribution >= 4 is 11.8 Å². The van der Waals surface area contributed by atoms with Gasteiger partial charge in [-0.15, -0.1) is 0 Å². The maximum atomic E-state index is 12.8. The van der Waals surface area contributed by atoms with E-state index in [-0.39, 0.29) is 11.7 Å². The zero-order valence-electron chi connectivity index (χ0n) is 14.3. The minimum atomic E-state index is -0.746. The molecule has 3 nitrogen and oxygen atoms in total. The van der Waals surface area contributed by atoms with Crippen LogP contribution in [0.5, 0.6) is 0 Å². The molecule has 0 aliphatic heterocycles. The lowest BCUT2D eigenvalue weighted by molar-refractivity contribution is -0.158. The highest BCUT2D eigenvalue weighted by Crippen LogP contribution is 2.39. The summed E-state index contributed by atoms with van der Waals surface area (Å²) in [6.45, 7) is 5.46. The van der Waals surface area contributed by atoms with Gasteiger partial charge in [0.15, 0.2) is 5.78 Å². The van der Waals surface area contributed by atoms with Crippen molar-refractivity contribution in [2.45, 2.75) is 38.7 Å². The number of benzene rings is 2. The van der Waals surface area contributed by atoms with Gasteiger partial charge in [0.1, 0.15) is 11.5 Å². The molecular formula is C21H22O3. The minimum Gasteiger partial charge on any atom is -0.459 e. The number of ether oxygens (including phenoxy) is 1. The van der Waals surface area contributed by atoms with Crippen LogP contribution in [0.4, 0.5) is 0 Å². The summed E-state index contributed by atoms with van der Waals surface area (Å²) >= 11 is 0. The van der Waals surface area contributed by atoms with Gasteiger partial charge in [-0.05, 0) is 38.3 Å². The quantitative estimate of drug-likeness (QED) is 0.609. The summed E-state index contributed by atoms with van der Waals surface area (Å²) in [6.07, 6.45) is 0.453. The maximum absolute atomic E-state index is 12.8. The highest BCUT2D eigenvalue weighted by molar-refractivity contribution is 6.10. The van der Waals surface area contributed by atoms with Gasteiger partial charge < -0.3 is 4.74 Å². The second-order valence-corrected chi connectivity index (χ2v) is 7.24. The van der Waals surface area contributed by atoms with Crippen LogP contribution in [0, 0.1) is 5.92 Å². The Bertz CT molecular complexity index is 756. The Morgan fingerprint density at radius 1 is 1.00 bits per heavy atom. The molecule has 0 bridgehead atoms. The SMILES string of the molecule is CC(C)(C)OC(=O)C1C[C@@H](c2ccccc2)c2ccccc2C1=O. The number of fused-ring (bicyclic) bond motifs is 1. The Balaban J connectivity index is 2.01. The number of hydrogen-bond acceptors (Lipinski definition) is 3. The van der Waals surface area contributed by atoms with Gasteiger partial charge in [-0.25, -0.2) is 0 Å². The number of carbonyl (C=O) groups excluding carboxylic acids is 2. The van der Waals surface area contributed by atoms with Gasteiger partial charge in [-0.2, -0.15) is 0 Å². The molecule has 0 saturated carbocycles. The third-order valence-electron chi connectivity index (χ3n) is 4.28. The molecule has 0 fully saturated rings. The molecule has 0 spiro atoms. The van der Waals surface area contributed by atoms with Crippen LogP contribution in [0.25, 0.3) is 0 Å². The fraction of sp³-hybridized carbons (Fsp3) is 0.333. The van der Waals surface area contributed by atoms with Crippen molar-refractivity contribution in [2.24, 2.45) is 5.92 Å². The first-order valence-electron chi connectivity index (χ1n) is 8.28. The largest absolute Gasteiger partial charge is 0.459 e. The van der Waals surface area contributed by atoms with E-state index in [1.54, 1.807) is 0 Å². The summed E-state index contributed by atoms with van der Waals surface area (Å²) in [4.78, 5) is 25.4. The molecule has 2 aromatic rings. The Morgan fingerprint density at radius 2 is 1.62 bits per heavy atom. The maximum Gasteiger partial charge on any atom is 0.317 e. The standard InChI is InChI=1S/C21H22O3/c1-21(2,3)24-20(23)18-13-17(14-9-5-4-6-10-14)15-11-7-8-12-16(15)19(18)22/h4-12,17-18H,13H2,1-3H3/t17-,18?/m0/s1. The van der Waals surface area contributed by atoms with Crippen molar-refractivity contribution in [3.05, 3.63) is 71.3 Å². The molecule has 0 amide bonds. The van der Waals surface area contributed by atoms with Crippen LogP contribution in [0.2, 0.25) is 0 Å². The first-order chi connectivity index (χ1) is 11.4. The summed E-state index contributed by atoms with van der Waals surface area (Å²) in [5.41, 5.74) is 2.14. The summed E-state index contributed by atoms with van der Waals surface area (Å²) in [6, 6.07) is 17.6. The van der Waals surface area contributed by atoms with Gasteiger partial charge in [-0.1, -0.05) is 54.6 Å². The number of Topliss-reactive ketones (excluding diaryl/α,β-unsaturated/α-hetero) is 1. The molecule has 0 heterocycles. The number of esters is 1. The second kappa shape index (κ2) is 6.23. The molecule has 2 atom stereocenters. The van der Waals surface area contributed by atoms with Gasteiger partial charge >= 0.3 is 5.97 Å². The van der Waals surface area contributed by atoms with Gasteiger partial charge in [0, 0.05) is 11.5 Å². The van der Waals surface area contributed by atoms with E-state index in [9.17, 15) is 9.59 Å². The zero-order valence-corrected chi connectivity index (χ0v) is 14.3. The minimum absolute atomic E-state index is 0.0256. The molecule has 1 aliphatic carbocycles. The van der Waals surface area contributed by atoms with E-state index in [1.807, 2.05) is 75.4 Å². The monoisotopic (exact) mass is 322 g/mol. The lowest BCUT2D eigenvalue weighted by Gasteiger charge is -2.31. The van der Waals surface area contributed by atoms with E-state index >= 15 is 0 Å². The van der Waals surface area contributed by atoms with Crippen molar-refractivity contribution in [1.29, 1.82) is 0 Å². The van der Waals surface area contributed by atoms with E-state index in [2.05, 4.69) is 0 Å². The Hall–Kier alpha value is -2.42. The molecule has 124 valence electrons. The van der Waals surface area contributed by atoms with Crippen molar-refractivity contribution < 1.29 is 14.3 Å². The summed E-state index contributed by atoms with van der Waals surface area (Å²) < 4.78 is 5.49. The molecule has 0 radical (unpaired) electrons. The number of hydrogen-bond donors (Lipinski definition) is 0. The number of ketones is 1. The first kappa shape index (κ1) is 16.4. The van der Waals surface area contributed by atoms with E-state index in [0.717, 1.165) is 11.1 Å². The lowest BCUT2D eigenvalue weighted by Crippen LogP contribution is -2.36. The van der Waals surface area contributed by atoms with Crippen LogP contribution in [0.1, 0.15) is 54.6 Å². The van der Waals surface area contributed by atoms with Gasteiger partial charge in [-0.3, -0.25) is 9.59 Å². The smallest absolute Gasteiger partial charge is 0.317 e. The van der Waals surface area contributed by atoms with Crippen molar-refractivity contribution in [3.8, 4) is 0 Å². The molecule has 2 aromatic carbocycles. The van der Waals surface area contributed by atoms with E-state index < -0.39 is 17.5 Å². The highest BCUT2D eigenvalue weighted by Gasteiger charge is 2.40. The van der Waals surface area contributed by atoms with Crippen molar-refractivity contribution in [3.63, 3.8) is 0 Å². The molecule has 3 rings (SSSR count). The fourth-order valence-corrected chi connectivity index (χ4v) is 3.26. The molecule has 1 unspecified atom stereocenters. The van der Waals surface area contributed by atoms with Gasteiger partial charge in [0.05, 0.1) is 0 Å². The number of carbonyl (C=O) groups is 2. The van der Waals surface area contributed by atoms with Crippen molar-refractivity contribution in [2.75, 3.05) is 0 Å². The van der Waals surface area contributed by atoms with Crippen LogP contribution >= 0.6 is 0 Å². The van der Waals surface area contributed by atoms with Crippen LogP contribution < -0.4 is 0 Å². The molecular weight excluding hydrogens is 300 g/mol. The Morgan fingerprint density at radius 3 is 2.29 bits per heavy atom. The third-order valence-corrected chi connectivity index (χ3v) is 4.28. The average molecular weight is 322 g/mol. The van der Waals surface area contributed by atoms with Crippen LogP contribution in [-0.4, -0.2) is 17.4 Å². The van der Waals surface area contributed by atoms with E-state index in [4.69, 9.17) is 4.74 Å². The molecule has 3 heteroatoms. The average Bonchev–Trinajstić information content (AvgIpc) is 2.54. The van der Waals surface area contributed by atoms with Crippen LogP contribution in [0.15, 0.2) is 54.6 Å². The number of rotatable bonds is 2. The third kappa shape index (κ3) is 3.25. The lowest BCUT2D eigenvalue weighted by atomic mass is 9.73. The van der Waals surface area contributed by atoms with E-state index in [1.165, 1.54) is 0 Å². The molecule has 0 saturated heterocycles. The summed E-state index contributed by atoms with van der Waals surface area (Å²) in [7, 11) is 0. The fourth-order valence-electron chi connectivity index (χ4n) is 3.26. The van der Waals surface area contributed by atoms with Crippen LogP contribution in [0.3, 0.4) is 0 Å².